The zero-order valence-electron chi connectivity index (χ0n) is 9.42. The van der Waals surface area contributed by atoms with Crippen LogP contribution in [-0.4, -0.2) is 19.8 Å². The monoisotopic (exact) mass is 239 g/mol. The molecule has 0 amide bonds. The summed E-state index contributed by atoms with van der Waals surface area (Å²) in [5.74, 6) is 1.30. The highest BCUT2D eigenvalue weighted by molar-refractivity contribution is 6.17. The SMILES string of the molecule is ClCc1ccccc1NCC1CCOCC1. The summed E-state index contributed by atoms with van der Waals surface area (Å²) in [6.45, 7) is 2.84. The van der Waals surface area contributed by atoms with Crippen molar-refractivity contribution in [2.45, 2.75) is 18.7 Å². The molecule has 2 rings (SSSR count). The van der Waals surface area contributed by atoms with Crippen LogP contribution in [0, 0.1) is 5.92 Å². The minimum absolute atomic E-state index is 0.566. The second-order valence-electron chi connectivity index (χ2n) is 4.23. The number of ether oxygens (including phenoxy) is 1. The Hall–Kier alpha value is -0.730. The summed E-state index contributed by atoms with van der Waals surface area (Å²) in [5.41, 5.74) is 2.35. The summed E-state index contributed by atoms with van der Waals surface area (Å²) in [6, 6.07) is 8.23. The van der Waals surface area contributed by atoms with Gasteiger partial charge in [0.2, 0.25) is 0 Å². The molecule has 1 N–H and O–H groups in total. The van der Waals surface area contributed by atoms with Crippen molar-refractivity contribution < 1.29 is 4.74 Å². The molecule has 1 aromatic rings. The van der Waals surface area contributed by atoms with Gasteiger partial charge in [0.05, 0.1) is 0 Å². The lowest BCUT2D eigenvalue weighted by molar-refractivity contribution is 0.0699. The number of nitrogens with one attached hydrogen (secondary N) is 1. The van der Waals surface area contributed by atoms with E-state index < -0.39 is 0 Å². The van der Waals surface area contributed by atoms with E-state index in [4.69, 9.17) is 16.3 Å². The standard InChI is InChI=1S/C13H18ClNO/c14-9-12-3-1-2-4-13(12)15-10-11-5-7-16-8-6-11/h1-4,11,15H,5-10H2. The third kappa shape index (κ3) is 3.13. The maximum atomic E-state index is 5.89. The molecule has 2 nitrogen and oxygen atoms in total. The van der Waals surface area contributed by atoms with Crippen molar-refractivity contribution in [1.29, 1.82) is 0 Å². The largest absolute Gasteiger partial charge is 0.385 e. The molecule has 88 valence electrons. The number of benzene rings is 1. The predicted molar refractivity (Wildman–Crippen MR) is 68.0 cm³/mol. The number of halogens is 1. The first-order valence-corrected chi connectivity index (χ1v) is 6.39. The van der Waals surface area contributed by atoms with Crippen LogP contribution < -0.4 is 5.32 Å². The fraction of sp³-hybridized carbons (Fsp3) is 0.538. The van der Waals surface area contributed by atoms with Crippen LogP contribution in [0.25, 0.3) is 0 Å². The minimum atomic E-state index is 0.566. The number of anilines is 1. The first kappa shape index (κ1) is 11.7. The molecule has 1 heterocycles. The molecule has 0 unspecified atom stereocenters. The smallest absolute Gasteiger partial charge is 0.0494 e. The van der Waals surface area contributed by atoms with E-state index in [2.05, 4.69) is 17.4 Å². The molecule has 0 aromatic heterocycles. The molecule has 1 aliphatic rings. The van der Waals surface area contributed by atoms with Crippen LogP contribution in [0.5, 0.6) is 0 Å². The third-order valence-electron chi connectivity index (χ3n) is 3.08. The van der Waals surface area contributed by atoms with E-state index in [0.717, 1.165) is 38.5 Å². The lowest BCUT2D eigenvalue weighted by Crippen LogP contribution is -2.22. The number of rotatable bonds is 4. The Kier molecular flexibility index (Phi) is 4.49. The van der Waals surface area contributed by atoms with Gasteiger partial charge in [-0.1, -0.05) is 18.2 Å². The van der Waals surface area contributed by atoms with Crippen LogP contribution in [-0.2, 0) is 10.6 Å². The van der Waals surface area contributed by atoms with Crippen LogP contribution in [0.1, 0.15) is 18.4 Å². The fourth-order valence-electron chi connectivity index (χ4n) is 2.01. The molecular weight excluding hydrogens is 222 g/mol. The zero-order valence-corrected chi connectivity index (χ0v) is 10.2. The normalized spacial score (nSPS) is 17.3. The highest BCUT2D eigenvalue weighted by Gasteiger charge is 2.13. The van der Waals surface area contributed by atoms with Gasteiger partial charge in [-0.3, -0.25) is 0 Å². The van der Waals surface area contributed by atoms with E-state index >= 15 is 0 Å². The first-order valence-electron chi connectivity index (χ1n) is 5.85. The van der Waals surface area contributed by atoms with Crippen molar-refractivity contribution in [3.63, 3.8) is 0 Å². The molecule has 1 aromatic carbocycles. The lowest BCUT2D eigenvalue weighted by atomic mass is 10.0. The molecule has 1 fully saturated rings. The highest BCUT2D eigenvalue weighted by Crippen LogP contribution is 2.20. The number of hydrogen-bond acceptors (Lipinski definition) is 2. The van der Waals surface area contributed by atoms with Crippen molar-refractivity contribution in [2.24, 2.45) is 5.92 Å². The van der Waals surface area contributed by atoms with Crippen LogP contribution in [0.2, 0.25) is 0 Å². The zero-order chi connectivity index (χ0) is 11.2. The molecule has 3 heteroatoms. The summed E-state index contributed by atoms with van der Waals surface area (Å²) in [7, 11) is 0. The van der Waals surface area contributed by atoms with E-state index in [0.29, 0.717) is 5.88 Å². The average molecular weight is 240 g/mol. The van der Waals surface area contributed by atoms with Gasteiger partial charge in [-0.15, -0.1) is 11.6 Å². The Morgan fingerprint density at radius 3 is 2.75 bits per heavy atom. The quantitative estimate of drug-likeness (QED) is 0.815. The Morgan fingerprint density at radius 2 is 2.00 bits per heavy atom. The molecule has 0 aliphatic carbocycles. The highest BCUT2D eigenvalue weighted by atomic mass is 35.5. The number of alkyl halides is 1. The first-order chi connectivity index (χ1) is 7.90. The van der Waals surface area contributed by atoms with Gasteiger partial charge in [-0.05, 0) is 30.4 Å². The van der Waals surface area contributed by atoms with Gasteiger partial charge in [0, 0.05) is 31.3 Å². The molecule has 1 saturated heterocycles. The van der Waals surface area contributed by atoms with Gasteiger partial charge in [0.15, 0.2) is 0 Å². The van der Waals surface area contributed by atoms with Gasteiger partial charge < -0.3 is 10.1 Å². The molecule has 0 saturated carbocycles. The Labute approximate surface area is 102 Å². The summed E-state index contributed by atoms with van der Waals surface area (Å²) in [5, 5.41) is 3.49. The predicted octanol–water partition coefficient (Wildman–Crippen LogP) is 3.26. The van der Waals surface area contributed by atoms with Crippen molar-refractivity contribution in [3.05, 3.63) is 29.8 Å². The summed E-state index contributed by atoms with van der Waals surface area (Å²) >= 11 is 5.89. The van der Waals surface area contributed by atoms with Crippen LogP contribution in [0.4, 0.5) is 5.69 Å². The van der Waals surface area contributed by atoms with Crippen LogP contribution >= 0.6 is 11.6 Å². The van der Waals surface area contributed by atoms with Crippen LogP contribution in [0.3, 0.4) is 0 Å². The molecule has 1 aliphatic heterocycles. The van der Waals surface area contributed by atoms with Crippen LogP contribution in [0.15, 0.2) is 24.3 Å². The van der Waals surface area contributed by atoms with E-state index in [-0.39, 0.29) is 0 Å². The summed E-state index contributed by atoms with van der Waals surface area (Å²) in [4.78, 5) is 0. The summed E-state index contributed by atoms with van der Waals surface area (Å²) in [6.07, 6.45) is 2.33. The Bertz CT molecular complexity index is 323. The third-order valence-corrected chi connectivity index (χ3v) is 3.37. The maximum absolute atomic E-state index is 5.89. The topological polar surface area (TPSA) is 21.3 Å². The average Bonchev–Trinajstić information content (AvgIpc) is 2.38. The second-order valence-corrected chi connectivity index (χ2v) is 4.49. The molecular formula is C13H18ClNO. The van der Waals surface area contributed by atoms with E-state index in [1.165, 1.54) is 11.3 Å². The molecule has 16 heavy (non-hydrogen) atoms. The maximum Gasteiger partial charge on any atom is 0.0494 e. The van der Waals surface area contributed by atoms with E-state index in [1.807, 2.05) is 12.1 Å². The number of hydrogen-bond donors (Lipinski definition) is 1. The summed E-state index contributed by atoms with van der Waals surface area (Å²) < 4.78 is 5.35. The van der Waals surface area contributed by atoms with Gasteiger partial charge in [0.25, 0.3) is 0 Å². The Balaban J connectivity index is 1.88. The van der Waals surface area contributed by atoms with Crippen molar-refractivity contribution in [1.82, 2.24) is 0 Å². The van der Waals surface area contributed by atoms with E-state index in [1.54, 1.807) is 0 Å². The van der Waals surface area contributed by atoms with Gasteiger partial charge >= 0.3 is 0 Å². The molecule has 0 bridgehead atoms. The lowest BCUT2D eigenvalue weighted by Gasteiger charge is -2.23. The molecule has 0 spiro atoms. The Morgan fingerprint density at radius 1 is 1.25 bits per heavy atom. The van der Waals surface area contributed by atoms with Crippen molar-refractivity contribution >= 4 is 17.3 Å². The van der Waals surface area contributed by atoms with Gasteiger partial charge in [0.1, 0.15) is 0 Å². The second kappa shape index (κ2) is 6.12. The van der Waals surface area contributed by atoms with E-state index in [9.17, 15) is 0 Å². The number of para-hydroxylation sites is 1. The fourth-order valence-corrected chi connectivity index (χ4v) is 2.25. The van der Waals surface area contributed by atoms with Crippen molar-refractivity contribution in [3.8, 4) is 0 Å². The molecule has 0 atom stereocenters. The van der Waals surface area contributed by atoms with Crippen molar-refractivity contribution in [2.75, 3.05) is 25.1 Å². The van der Waals surface area contributed by atoms with Gasteiger partial charge in [-0.2, -0.15) is 0 Å². The van der Waals surface area contributed by atoms with Gasteiger partial charge in [-0.25, -0.2) is 0 Å². The minimum Gasteiger partial charge on any atom is -0.385 e. The molecule has 0 radical (unpaired) electrons.